The van der Waals surface area contributed by atoms with Crippen LogP contribution in [0.15, 0.2) is 42.5 Å². The van der Waals surface area contributed by atoms with Gasteiger partial charge >= 0.3 is 0 Å². The molecule has 1 aliphatic rings. The van der Waals surface area contributed by atoms with Gasteiger partial charge in [0.15, 0.2) is 0 Å². The molecule has 0 spiro atoms. The maximum absolute atomic E-state index is 2.45. The zero-order valence-electron chi connectivity index (χ0n) is 9.42. The Morgan fingerprint density at radius 3 is 2.38 bits per heavy atom. The lowest BCUT2D eigenvalue weighted by molar-refractivity contribution is 1.66. The Morgan fingerprint density at radius 2 is 1.56 bits per heavy atom. The van der Waals surface area contributed by atoms with E-state index < -0.39 is 8.07 Å². The molecule has 0 unspecified atom stereocenters. The van der Waals surface area contributed by atoms with Gasteiger partial charge in [-0.3, -0.25) is 0 Å². The van der Waals surface area contributed by atoms with Crippen LogP contribution in [0, 0.1) is 3.57 Å². The summed E-state index contributed by atoms with van der Waals surface area (Å²) < 4.78 is 1.33. The normalized spacial score (nSPS) is 15.7. The predicted molar refractivity (Wildman–Crippen MR) is 81.3 cm³/mol. The molecular formula is C14H13ISi. The molecule has 1 heterocycles. The van der Waals surface area contributed by atoms with Crippen molar-refractivity contribution in [3.63, 3.8) is 0 Å². The van der Waals surface area contributed by atoms with Crippen LogP contribution >= 0.6 is 22.6 Å². The zero-order valence-corrected chi connectivity index (χ0v) is 12.6. The molecule has 0 nitrogen and oxygen atoms in total. The summed E-state index contributed by atoms with van der Waals surface area (Å²) in [6.45, 7) is 4.90. The van der Waals surface area contributed by atoms with Crippen LogP contribution in [0.4, 0.5) is 0 Å². The lowest BCUT2D eigenvalue weighted by Crippen LogP contribution is -2.49. The molecule has 0 atom stereocenters. The number of fused-ring (bicyclic) bond motifs is 3. The maximum Gasteiger partial charge on any atom is 0.113 e. The third-order valence-electron chi connectivity index (χ3n) is 3.55. The first-order chi connectivity index (χ1) is 7.60. The van der Waals surface area contributed by atoms with Crippen LogP contribution in [0.1, 0.15) is 0 Å². The summed E-state index contributed by atoms with van der Waals surface area (Å²) in [4.78, 5) is 0. The molecule has 0 bridgehead atoms. The summed E-state index contributed by atoms with van der Waals surface area (Å²) in [5.41, 5.74) is 2.94. The van der Waals surface area contributed by atoms with Crippen LogP contribution in [0.3, 0.4) is 0 Å². The Morgan fingerprint density at radius 1 is 0.875 bits per heavy atom. The van der Waals surface area contributed by atoms with Gasteiger partial charge in [0, 0.05) is 3.57 Å². The molecule has 0 N–H and O–H groups in total. The highest BCUT2D eigenvalue weighted by molar-refractivity contribution is 14.1. The standard InChI is InChI=1S/C14H13ISi/c1-16(2)13-6-4-3-5-11(13)12-9-10(15)7-8-14(12)16/h3-9H,1-2H3. The molecular weight excluding hydrogens is 323 g/mol. The van der Waals surface area contributed by atoms with Crippen molar-refractivity contribution in [1.82, 2.24) is 0 Å². The lowest BCUT2D eigenvalue weighted by Gasteiger charge is -2.18. The Bertz CT molecular complexity index is 573. The van der Waals surface area contributed by atoms with Gasteiger partial charge in [-0.15, -0.1) is 0 Å². The van der Waals surface area contributed by atoms with E-state index in [1.54, 1.807) is 10.4 Å². The van der Waals surface area contributed by atoms with E-state index in [1.165, 1.54) is 14.7 Å². The zero-order chi connectivity index (χ0) is 11.3. The fourth-order valence-corrected chi connectivity index (χ4v) is 6.26. The van der Waals surface area contributed by atoms with E-state index in [1.807, 2.05) is 0 Å². The summed E-state index contributed by atoms with van der Waals surface area (Å²) in [5.74, 6) is 0. The van der Waals surface area contributed by atoms with Crippen molar-refractivity contribution in [3.8, 4) is 11.1 Å². The molecule has 0 fully saturated rings. The van der Waals surface area contributed by atoms with Gasteiger partial charge in [-0.05, 0) is 56.2 Å². The Kier molecular flexibility index (Phi) is 2.26. The summed E-state index contributed by atoms with van der Waals surface area (Å²) >= 11 is 2.40. The van der Waals surface area contributed by atoms with E-state index in [9.17, 15) is 0 Å². The van der Waals surface area contributed by atoms with Crippen LogP contribution < -0.4 is 10.4 Å². The SMILES string of the molecule is C[Si]1(C)c2ccccc2-c2cc(I)ccc21. The topological polar surface area (TPSA) is 0 Å². The van der Waals surface area contributed by atoms with Gasteiger partial charge < -0.3 is 0 Å². The van der Waals surface area contributed by atoms with Gasteiger partial charge in [0.05, 0.1) is 0 Å². The quantitative estimate of drug-likeness (QED) is 0.512. The molecule has 2 heteroatoms. The molecule has 1 aliphatic heterocycles. The first-order valence-electron chi connectivity index (χ1n) is 5.50. The molecule has 0 aromatic heterocycles. The monoisotopic (exact) mass is 336 g/mol. The van der Waals surface area contributed by atoms with Gasteiger partial charge in [0.1, 0.15) is 8.07 Å². The van der Waals surface area contributed by atoms with Gasteiger partial charge in [-0.1, -0.05) is 43.4 Å². The highest BCUT2D eigenvalue weighted by atomic mass is 127. The van der Waals surface area contributed by atoms with E-state index in [0.717, 1.165) is 0 Å². The largest absolute Gasteiger partial charge is 0.113 e. The fraction of sp³-hybridized carbons (Fsp3) is 0.143. The first kappa shape index (κ1) is 10.5. The molecule has 0 saturated carbocycles. The van der Waals surface area contributed by atoms with Crippen molar-refractivity contribution in [3.05, 3.63) is 46.0 Å². The van der Waals surface area contributed by atoms with Crippen molar-refractivity contribution in [2.75, 3.05) is 0 Å². The summed E-state index contributed by atoms with van der Waals surface area (Å²) in [7, 11) is -1.41. The second kappa shape index (κ2) is 3.44. The molecule has 80 valence electrons. The first-order valence-corrected chi connectivity index (χ1v) is 9.58. The van der Waals surface area contributed by atoms with Crippen LogP contribution in [-0.2, 0) is 0 Å². The predicted octanol–water partition coefficient (Wildman–Crippen LogP) is 3.09. The van der Waals surface area contributed by atoms with Gasteiger partial charge in [-0.25, -0.2) is 0 Å². The molecule has 0 aliphatic carbocycles. The van der Waals surface area contributed by atoms with E-state index >= 15 is 0 Å². The van der Waals surface area contributed by atoms with Crippen LogP contribution in [0.25, 0.3) is 11.1 Å². The van der Waals surface area contributed by atoms with Crippen LogP contribution in [0.5, 0.6) is 0 Å². The van der Waals surface area contributed by atoms with E-state index in [2.05, 4.69) is 78.1 Å². The van der Waals surface area contributed by atoms with Crippen molar-refractivity contribution in [2.24, 2.45) is 0 Å². The maximum atomic E-state index is 2.45. The van der Waals surface area contributed by atoms with Crippen molar-refractivity contribution in [1.29, 1.82) is 0 Å². The molecule has 0 saturated heterocycles. The molecule has 0 radical (unpaired) electrons. The third kappa shape index (κ3) is 1.32. The molecule has 2 aromatic rings. The molecule has 0 amide bonds. The average molecular weight is 336 g/mol. The van der Waals surface area contributed by atoms with Crippen molar-refractivity contribution in [2.45, 2.75) is 13.1 Å². The fourth-order valence-electron chi connectivity index (χ4n) is 2.69. The Balaban J connectivity index is 2.40. The average Bonchev–Trinajstić information content (AvgIpc) is 2.49. The van der Waals surface area contributed by atoms with E-state index in [4.69, 9.17) is 0 Å². The number of rotatable bonds is 0. The highest BCUT2D eigenvalue weighted by Gasteiger charge is 2.36. The van der Waals surface area contributed by atoms with Crippen LogP contribution in [-0.4, -0.2) is 8.07 Å². The number of hydrogen-bond acceptors (Lipinski definition) is 0. The second-order valence-corrected chi connectivity index (χ2v) is 10.4. The molecule has 2 aromatic carbocycles. The van der Waals surface area contributed by atoms with Gasteiger partial charge in [-0.2, -0.15) is 0 Å². The van der Waals surface area contributed by atoms with Gasteiger partial charge in [0.25, 0.3) is 0 Å². The van der Waals surface area contributed by atoms with Crippen LogP contribution in [0.2, 0.25) is 13.1 Å². The van der Waals surface area contributed by atoms with Gasteiger partial charge in [0.2, 0.25) is 0 Å². The summed E-state index contributed by atoms with van der Waals surface area (Å²) in [6.07, 6.45) is 0. The number of hydrogen-bond donors (Lipinski definition) is 0. The Labute approximate surface area is 111 Å². The second-order valence-electron chi connectivity index (χ2n) is 4.86. The van der Waals surface area contributed by atoms with Crippen molar-refractivity contribution >= 4 is 41.0 Å². The number of halogens is 1. The number of benzene rings is 2. The summed E-state index contributed by atoms with van der Waals surface area (Å²) in [6, 6.07) is 15.8. The van der Waals surface area contributed by atoms with Crippen molar-refractivity contribution < 1.29 is 0 Å². The van der Waals surface area contributed by atoms with E-state index in [0.29, 0.717) is 0 Å². The Hall–Kier alpha value is -0.613. The summed E-state index contributed by atoms with van der Waals surface area (Å²) in [5, 5.41) is 3.18. The third-order valence-corrected chi connectivity index (χ3v) is 7.78. The smallest absolute Gasteiger partial charge is 0.0623 e. The molecule has 3 rings (SSSR count). The molecule has 16 heavy (non-hydrogen) atoms. The lowest BCUT2D eigenvalue weighted by atomic mass is 10.1. The minimum Gasteiger partial charge on any atom is -0.0623 e. The minimum absolute atomic E-state index is 1.33. The highest BCUT2D eigenvalue weighted by Crippen LogP contribution is 2.28. The van der Waals surface area contributed by atoms with E-state index in [-0.39, 0.29) is 0 Å². The minimum atomic E-state index is -1.41.